The Hall–Kier alpha value is -4.39. The summed E-state index contributed by atoms with van der Waals surface area (Å²) >= 11 is 0. The van der Waals surface area contributed by atoms with Crippen LogP contribution in [0.5, 0.6) is 0 Å². The lowest BCUT2D eigenvalue weighted by Gasteiger charge is -2.16. The molecule has 1 heterocycles. The number of para-hydroxylation sites is 1. The molecule has 190 valence electrons. The van der Waals surface area contributed by atoms with Crippen LogP contribution in [0.2, 0.25) is 0 Å². The highest BCUT2D eigenvalue weighted by atomic mass is 16.5. The van der Waals surface area contributed by atoms with Crippen LogP contribution in [0.25, 0.3) is 10.9 Å². The molecule has 37 heavy (non-hydrogen) atoms. The molecule has 0 aliphatic carbocycles. The van der Waals surface area contributed by atoms with Crippen LogP contribution in [0, 0.1) is 13.8 Å². The number of alkyl carbamates (subject to hydrolysis) is 1. The maximum Gasteiger partial charge on any atom is 0.407 e. The van der Waals surface area contributed by atoms with Crippen molar-refractivity contribution in [3.05, 3.63) is 107 Å². The average Bonchev–Trinajstić information content (AvgIpc) is 3.15. The Kier molecular flexibility index (Phi) is 8.36. The van der Waals surface area contributed by atoms with Gasteiger partial charge in [0, 0.05) is 35.1 Å². The van der Waals surface area contributed by atoms with E-state index in [-0.39, 0.29) is 6.61 Å². The number of hydrogen-bond donors (Lipinski definition) is 2. The number of hydrogen-bond acceptors (Lipinski definition) is 4. The van der Waals surface area contributed by atoms with Crippen molar-refractivity contribution in [3.8, 4) is 0 Å². The number of nitrogens with one attached hydrogen (secondary N) is 2. The van der Waals surface area contributed by atoms with E-state index in [2.05, 4.69) is 70.7 Å². The fraction of sp³-hybridized carbons (Fsp3) is 0.233. The molecule has 0 radical (unpaired) electrons. The quantitative estimate of drug-likeness (QED) is 0.249. The molecule has 0 saturated heterocycles. The maximum atomic E-state index is 13.0. The van der Waals surface area contributed by atoms with Gasteiger partial charge in [0.25, 0.3) is 5.91 Å². The number of carbonyl (C=O) groups excluding carboxylic acids is 2. The van der Waals surface area contributed by atoms with Gasteiger partial charge in [0.1, 0.15) is 6.04 Å². The second-order valence-corrected chi connectivity index (χ2v) is 8.93. The van der Waals surface area contributed by atoms with E-state index in [1.807, 2.05) is 42.5 Å². The molecule has 4 rings (SSSR count). The normalized spacial score (nSPS) is 12.0. The molecule has 4 aromatic rings. The summed E-state index contributed by atoms with van der Waals surface area (Å²) in [6.07, 6.45) is 1.35. The first-order valence-electron chi connectivity index (χ1n) is 12.4. The van der Waals surface area contributed by atoms with Crippen molar-refractivity contribution < 1.29 is 14.3 Å². The summed E-state index contributed by atoms with van der Waals surface area (Å²) in [5.41, 5.74) is 9.04. The standard InChI is InChI=1S/C30H32N4O3/c1-4-37-30(36)32-27(18-23-12-6-5-7-13-23)29(35)33-31-19-26-22(3)34(28-16-9-8-15-25(26)28)20-24-14-10-11-21(2)17-24/h5-17,19,27H,4,18,20H2,1-3H3,(H,32,36)(H,33,35)/b31-19-/t27-/m0/s1. The number of nitrogens with zero attached hydrogens (tertiary/aromatic N) is 2. The SMILES string of the molecule is CCOC(=O)N[C@@H](Cc1ccccc1)C(=O)N/N=C\c1c(C)n(Cc2cccc(C)c2)c2ccccc12. The minimum atomic E-state index is -0.831. The number of fused-ring (bicyclic) bond motifs is 1. The van der Waals surface area contributed by atoms with E-state index < -0.39 is 18.0 Å². The second kappa shape index (κ2) is 12.0. The van der Waals surface area contributed by atoms with Crippen LogP contribution in [-0.4, -0.2) is 35.4 Å². The number of aryl methyl sites for hydroxylation is 1. The van der Waals surface area contributed by atoms with Gasteiger partial charge in [-0.2, -0.15) is 5.10 Å². The molecule has 7 heteroatoms. The smallest absolute Gasteiger partial charge is 0.407 e. The minimum absolute atomic E-state index is 0.218. The predicted octanol–water partition coefficient (Wildman–Crippen LogP) is 5.11. The van der Waals surface area contributed by atoms with E-state index in [4.69, 9.17) is 4.74 Å². The predicted molar refractivity (Wildman–Crippen MR) is 147 cm³/mol. The number of aromatic nitrogens is 1. The Bertz CT molecular complexity index is 1410. The van der Waals surface area contributed by atoms with Crippen molar-refractivity contribution in [3.63, 3.8) is 0 Å². The molecule has 1 atom stereocenters. The number of amides is 2. The van der Waals surface area contributed by atoms with Crippen LogP contribution in [0.1, 0.15) is 34.9 Å². The first kappa shape index (κ1) is 25.7. The zero-order chi connectivity index (χ0) is 26.2. The number of rotatable bonds is 9. The Morgan fingerprint density at radius 2 is 1.70 bits per heavy atom. The summed E-state index contributed by atoms with van der Waals surface area (Å²) in [5.74, 6) is -0.422. The Morgan fingerprint density at radius 3 is 2.46 bits per heavy atom. The zero-order valence-corrected chi connectivity index (χ0v) is 21.4. The summed E-state index contributed by atoms with van der Waals surface area (Å²) in [6.45, 7) is 6.81. The lowest BCUT2D eigenvalue weighted by atomic mass is 10.1. The van der Waals surface area contributed by atoms with Crippen LogP contribution >= 0.6 is 0 Å². The van der Waals surface area contributed by atoms with Crippen molar-refractivity contribution in [2.75, 3.05) is 6.61 Å². The Labute approximate surface area is 217 Å². The summed E-state index contributed by atoms with van der Waals surface area (Å²) in [4.78, 5) is 25.1. The molecule has 0 bridgehead atoms. The number of carbonyl (C=O) groups is 2. The fourth-order valence-electron chi connectivity index (χ4n) is 4.43. The third-order valence-corrected chi connectivity index (χ3v) is 6.24. The zero-order valence-electron chi connectivity index (χ0n) is 21.4. The first-order chi connectivity index (χ1) is 18.0. The molecule has 0 aliphatic heterocycles. The molecule has 0 spiro atoms. The number of ether oxygens (including phenoxy) is 1. The molecule has 3 aromatic carbocycles. The molecule has 0 aliphatic rings. The Balaban J connectivity index is 1.55. The molecule has 0 fully saturated rings. The summed E-state index contributed by atoms with van der Waals surface area (Å²) in [6, 6.07) is 25.3. The van der Waals surface area contributed by atoms with Gasteiger partial charge in [0.05, 0.1) is 12.8 Å². The van der Waals surface area contributed by atoms with Crippen molar-refractivity contribution >= 4 is 29.1 Å². The van der Waals surface area contributed by atoms with Gasteiger partial charge >= 0.3 is 6.09 Å². The van der Waals surface area contributed by atoms with E-state index in [9.17, 15) is 9.59 Å². The van der Waals surface area contributed by atoms with Crippen LogP contribution in [0.15, 0.2) is 84.0 Å². The van der Waals surface area contributed by atoms with Gasteiger partial charge in [-0.3, -0.25) is 4.79 Å². The van der Waals surface area contributed by atoms with E-state index in [1.165, 1.54) is 11.1 Å². The van der Waals surface area contributed by atoms with Gasteiger partial charge in [0.2, 0.25) is 0 Å². The fourth-order valence-corrected chi connectivity index (χ4v) is 4.43. The highest BCUT2D eigenvalue weighted by Crippen LogP contribution is 2.25. The summed E-state index contributed by atoms with van der Waals surface area (Å²) in [5, 5.41) is 7.97. The van der Waals surface area contributed by atoms with Crippen molar-refractivity contribution in [2.24, 2.45) is 5.10 Å². The summed E-state index contributed by atoms with van der Waals surface area (Å²) in [7, 11) is 0. The second-order valence-electron chi connectivity index (χ2n) is 8.93. The number of hydrazone groups is 1. The van der Waals surface area contributed by atoms with Crippen LogP contribution < -0.4 is 10.7 Å². The summed E-state index contributed by atoms with van der Waals surface area (Å²) < 4.78 is 7.24. The van der Waals surface area contributed by atoms with Crippen LogP contribution in [0.3, 0.4) is 0 Å². The largest absolute Gasteiger partial charge is 0.450 e. The average molecular weight is 497 g/mol. The van der Waals surface area contributed by atoms with Gasteiger partial charge in [-0.1, -0.05) is 78.4 Å². The first-order valence-corrected chi connectivity index (χ1v) is 12.4. The van der Waals surface area contributed by atoms with Gasteiger partial charge in [-0.05, 0) is 38.0 Å². The molecular formula is C30H32N4O3. The molecular weight excluding hydrogens is 464 g/mol. The third-order valence-electron chi connectivity index (χ3n) is 6.24. The molecule has 2 N–H and O–H groups in total. The van der Waals surface area contributed by atoms with E-state index in [1.54, 1.807) is 13.1 Å². The van der Waals surface area contributed by atoms with Crippen LogP contribution in [-0.2, 0) is 22.5 Å². The minimum Gasteiger partial charge on any atom is -0.450 e. The highest BCUT2D eigenvalue weighted by Gasteiger charge is 2.22. The molecule has 0 unspecified atom stereocenters. The Morgan fingerprint density at radius 1 is 0.973 bits per heavy atom. The van der Waals surface area contributed by atoms with Gasteiger partial charge in [0.15, 0.2) is 0 Å². The monoisotopic (exact) mass is 496 g/mol. The van der Waals surface area contributed by atoms with Gasteiger partial charge < -0.3 is 14.6 Å². The molecule has 7 nitrogen and oxygen atoms in total. The highest BCUT2D eigenvalue weighted by molar-refractivity contribution is 6.01. The molecule has 0 saturated carbocycles. The lowest BCUT2D eigenvalue weighted by Crippen LogP contribution is -2.47. The van der Waals surface area contributed by atoms with E-state index >= 15 is 0 Å². The van der Waals surface area contributed by atoms with Crippen molar-refractivity contribution in [2.45, 2.75) is 39.8 Å². The maximum absolute atomic E-state index is 13.0. The van der Waals surface area contributed by atoms with E-state index in [0.29, 0.717) is 6.42 Å². The molecule has 1 aromatic heterocycles. The van der Waals surface area contributed by atoms with E-state index in [0.717, 1.165) is 34.3 Å². The van der Waals surface area contributed by atoms with Crippen molar-refractivity contribution in [1.29, 1.82) is 0 Å². The topological polar surface area (TPSA) is 84.7 Å². The number of benzene rings is 3. The lowest BCUT2D eigenvalue weighted by molar-refractivity contribution is -0.123. The molecule has 2 amide bonds. The van der Waals surface area contributed by atoms with Crippen molar-refractivity contribution in [1.82, 2.24) is 15.3 Å². The third kappa shape index (κ3) is 6.44. The van der Waals surface area contributed by atoms with Gasteiger partial charge in [-0.25, -0.2) is 10.2 Å². The van der Waals surface area contributed by atoms with Crippen LogP contribution in [0.4, 0.5) is 4.79 Å². The van der Waals surface area contributed by atoms with Gasteiger partial charge in [-0.15, -0.1) is 0 Å².